The second kappa shape index (κ2) is 7.38. The summed E-state index contributed by atoms with van der Waals surface area (Å²) in [5, 5.41) is 4.19. The third kappa shape index (κ3) is 3.92. The van der Waals surface area contributed by atoms with Crippen molar-refractivity contribution < 1.29 is 14.3 Å². The highest BCUT2D eigenvalue weighted by atomic mass is 79.9. The predicted octanol–water partition coefficient (Wildman–Crippen LogP) is 2.73. The number of ketones is 1. The Morgan fingerprint density at radius 3 is 2.90 bits per heavy atom. The number of halogens is 1. The van der Waals surface area contributed by atoms with E-state index in [0.717, 1.165) is 11.3 Å². The quantitative estimate of drug-likeness (QED) is 0.719. The van der Waals surface area contributed by atoms with Gasteiger partial charge in [0, 0.05) is 13.5 Å². The van der Waals surface area contributed by atoms with E-state index in [-0.39, 0.29) is 5.78 Å². The lowest BCUT2D eigenvalue weighted by molar-refractivity contribution is 0.0978. The van der Waals surface area contributed by atoms with Gasteiger partial charge in [-0.2, -0.15) is 5.10 Å². The number of aromatic nitrogens is 2. The molecule has 0 saturated heterocycles. The van der Waals surface area contributed by atoms with Crippen LogP contribution in [0.25, 0.3) is 0 Å². The lowest BCUT2D eigenvalue weighted by atomic mass is 10.1. The van der Waals surface area contributed by atoms with E-state index < -0.39 is 0 Å². The molecule has 1 heterocycles. The number of hydrogen-bond acceptors (Lipinski definition) is 4. The molecule has 2 aromatic rings. The molecule has 2 rings (SSSR count). The molecular weight excluding hydrogens is 336 g/mol. The highest BCUT2D eigenvalue weighted by Gasteiger charge is 2.17. The van der Waals surface area contributed by atoms with E-state index in [1.807, 2.05) is 24.3 Å². The maximum Gasteiger partial charge on any atom is 0.186 e. The Morgan fingerprint density at radius 1 is 1.38 bits per heavy atom. The van der Waals surface area contributed by atoms with Crippen molar-refractivity contribution in [3.05, 3.63) is 46.2 Å². The zero-order valence-electron chi connectivity index (χ0n) is 12.0. The van der Waals surface area contributed by atoms with E-state index in [0.29, 0.717) is 29.7 Å². The summed E-state index contributed by atoms with van der Waals surface area (Å²) in [5.74, 6) is 0.746. The molecule has 0 unspecified atom stereocenters. The fourth-order valence-corrected chi connectivity index (χ4v) is 2.56. The van der Waals surface area contributed by atoms with Crippen LogP contribution in [0.4, 0.5) is 0 Å². The van der Waals surface area contributed by atoms with Crippen LogP contribution in [0.15, 0.2) is 34.9 Å². The van der Waals surface area contributed by atoms with Gasteiger partial charge in [0.2, 0.25) is 0 Å². The highest BCUT2D eigenvalue weighted by molar-refractivity contribution is 9.10. The van der Waals surface area contributed by atoms with Crippen LogP contribution in [0.1, 0.15) is 16.1 Å². The van der Waals surface area contributed by atoms with Gasteiger partial charge in [-0.1, -0.05) is 12.1 Å². The van der Waals surface area contributed by atoms with Crippen molar-refractivity contribution in [3.8, 4) is 5.75 Å². The monoisotopic (exact) mass is 352 g/mol. The number of benzene rings is 1. The minimum absolute atomic E-state index is 0.00345. The molecule has 1 aromatic heterocycles. The number of hydrogen-bond donors (Lipinski definition) is 0. The average Bonchev–Trinajstić information content (AvgIpc) is 2.86. The number of ether oxygens (including phenoxy) is 2. The summed E-state index contributed by atoms with van der Waals surface area (Å²) in [6.07, 6.45) is 1.93. The molecule has 0 atom stereocenters. The third-order valence-electron chi connectivity index (χ3n) is 3.06. The summed E-state index contributed by atoms with van der Waals surface area (Å²) in [7, 11) is 3.23. The first-order chi connectivity index (χ1) is 10.2. The van der Waals surface area contributed by atoms with Crippen LogP contribution >= 0.6 is 15.9 Å². The van der Waals surface area contributed by atoms with Crippen molar-refractivity contribution in [1.82, 2.24) is 9.78 Å². The molecule has 0 aliphatic rings. The van der Waals surface area contributed by atoms with E-state index in [4.69, 9.17) is 9.47 Å². The highest BCUT2D eigenvalue weighted by Crippen LogP contribution is 2.20. The van der Waals surface area contributed by atoms with Crippen LogP contribution in [0.2, 0.25) is 0 Å². The van der Waals surface area contributed by atoms with Gasteiger partial charge < -0.3 is 9.47 Å². The van der Waals surface area contributed by atoms with Crippen LogP contribution < -0.4 is 4.74 Å². The maximum atomic E-state index is 12.5. The first-order valence-electron chi connectivity index (χ1n) is 6.52. The average molecular weight is 353 g/mol. The number of methoxy groups -OCH3 is 2. The smallest absolute Gasteiger partial charge is 0.186 e. The molecule has 0 fully saturated rings. The number of Topliss-reactive ketones (excluding diaryl/α,β-unsaturated/α-hetero) is 1. The van der Waals surface area contributed by atoms with Crippen molar-refractivity contribution in [1.29, 1.82) is 0 Å². The summed E-state index contributed by atoms with van der Waals surface area (Å²) < 4.78 is 12.6. The van der Waals surface area contributed by atoms with E-state index in [1.165, 1.54) is 0 Å². The zero-order valence-corrected chi connectivity index (χ0v) is 13.6. The predicted molar refractivity (Wildman–Crippen MR) is 82.8 cm³/mol. The minimum atomic E-state index is 0.00345. The van der Waals surface area contributed by atoms with Crippen molar-refractivity contribution in [3.63, 3.8) is 0 Å². The zero-order chi connectivity index (χ0) is 15.2. The van der Waals surface area contributed by atoms with Gasteiger partial charge in [-0.15, -0.1) is 0 Å². The molecule has 0 radical (unpaired) electrons. The summed E-state index contributed by atoms with van der Waals surface area (Å²) in [4.78, 5) is 12.5. The minimum Gasteiger partial charge on any atom is -0.497 e. The first-order valence-corrected chi connectivity index (χ1v) is 7.31. The molecule has 0 bridgehead atoms. The molecule has 0 amide bonds. The maximum absolute atomic E-state index is 12.5. The van der Waals surface area contributed by atoms with Gasteiger partial charge in [0.05, 0.1) is 30.9 Å². The number of nitrogens with zero attached hydrogens (tertiary/aromatic N) is 2. The Kier molecular flexibility index (Phi) is 5.52. The van der Waals surface area contributed by atoms with Gasteiger partial charge in [0.1, 0.15) is 11.4 Å². The molecule has 112 valence electrons. The van der Waals surface area contributed by atoms with Gasteiger partial charge in [0.25, 0.3) is 0 Å². The Labute approximate surface area is 132 Å². The van der Waals surface area contributed by atoms with E-state index >= 15 is 0 Å². The lowest BCUT2D eigenvalue weighted by Gasteiger charge is -2.08. The second-order valence-corrected chi connectivity index (χ2v) is 5.36. The largest absolute Gasteiger partial charge is 0.497 e. The Morgan fingerprint density at radius 2 is 2.19 bits per heavy atom. The van der Waals surface area contributed by atoms with Gasteiger partial charge in [-0.05, 0) is 33.6 Å². The molecule has 0 aliphatic heterocycles. The van der Waals surface area contributed by atoms with Crippen LogP contribution in [0.3, 0.4) is 0 Å². The van der Waals surface area contributed by atoms with Gasteiger partial charge in [-0.25, -0.2) is 0 Å². The SMILES string of the molecule is COCCn1ncc(Br)c1C(=O)Cc1cccc(OC)c1. The Balaban J connectivity index is 2.17. The molecule has 0 spiro atoms. The molecule has 0 saturated carbocycles. The second-order valence-electron chi connectivity index (χ2n) is 4.51. The summed E-state index contributed by atoms with van der Waals surface area (Å²) in [6, 6.07) is 7.50. The number of carbonyl (C=O) groups is 1. The summed E-state index contributed by atoms with van der Waals surface area (Å²) >= 11 is 3.38. The van der Waals surface area contributed by atoms with E-state index in [1.54, 1.807) is 25.1 Å². The van der Waals surface area contributed by atoms with Crippen LogP contribution in [-0.4, -0.2) is 36.4 Å². The molecule has 6 heteroatoms. The normalized spacial score (nSPS) is 10.6. The van der Waals surface area contributed by atoms with Gasteiger partial charge >= 0.3 is 0 Å². The third-order valence-corrected chi connectivity index (χ3v) is 3.65. The first kappa shape index (κ1) is 15.7. The van der Waals surface area contributed by atoms with Crippen molar-refractivity contribution in [2.24, 2.45) is 0 Å². The van der Waals surface area contributed by atoms with Gasteiger partial charge in [0.15, 0.2) is 5.78 Å². The fraction of sp³-hybridized carbons (Fsp3) is 0.333. The van der Waals surface area contributed by atoms with E-state index in [9.17, 15) is 4.79 Å². The Bertz CT molecular complexity index is 625. The standard InChI is InChI=1S/C15H17BrN2O3/c1-20-7-6-18-15(13(16)10-17-18)14(19)9-11-4-3-5-12(8-11)21-2/h3-5,8,10H,6-7,9H2,1-2H3. The Hall–Kier alpha value is -1.66. The summed E-state index contributed by atoms with van der Waals surface area (Å²) in [6.45, 7) is 1.05. The van der Waals surface area contributed by atoms with Crippen LogP contribution in [-0.2, 0) is 17.7 Å². The van der Waals surface area contributed by atoms with Crippen LogP contribution in [0.5, 0.6) is 5.75 Å². The van der Waals surface area contributed by atoms with Crippen molar-refractivity contribution in [2.45, 2.75) is 13.0 Å². The van der Waals surface area contributed by atoms with Gasteiger partial charge in [-0.3, -0.25) is 9.48 Å². The summed E-state index contributed by atoms with van der Waals surface area (Å²) in [5.41, 5.74) is 1.47. The number of rotatable bonds is 7. The van der Waals surface area contributed by atoms with Crippen LogP contribution in [0, 0.1) is 0 Å². The molecule has 5 nitrogen and oxygen atoms in total. The van der Waals surface area contributed by atoms with Crippen molar-refractivity contribution in [2.75, 3.05) is 20.8 Å². The molecule has 0 aliphatic carbocycles. The molecule has 1 aromatic carbocycles. The topological polar surface area (TPSA) is 53.4 Å². The van der Waals surface area contributed by atoms with E-state index in [2.05, 4.69) is 21.0 Å². The number of carbonyl (C=O) groups excluding carboxylic acids is 1. The lowest BCUT2D eigenvalue weighted by Crippen LogP contribution is -2.15. The molecular formula is C15H17BrN2O3. The fourth-order valence-electron chi connectivity index (χ4n) is 2.04. The molecule has 21 heavy (non-hydrogen) atoms. The molecule has 0 N–H and O–H groups in total. The van der Waals surface area contributed by atoms with Crippen molar-refractivity contribution >= 4 is 21.7 Å².